The summed E-state index contributed by atoms with van der Waals surface area (Å²) < 4.78 is 5.78. The summed E-state index contributed by atoms with van der Waals surface area (Å²) in [5.41, 5.74) is 2.00. The van der Waals surface area contributed by atoms with E-state index in [2.05, 4.69) is 19.1 Å². The van der Waals surface area contributed by atoms with Crippen molar-refractivity contribution in [3.63, 3.8) is 0 Å². The first-order valence-electron chi connectivity index (χ1n) is 7.07. The maximum absolute atomic E-state index is 11.3. The van der Waals surface area contributed by atoms with Gasteiger partial charge in [0.15, 0.2) is 5.78 Å². The lowest BCUT2D eigenvalue weighted by molar-refractivity contribution is 0.101. The van der Waals surface area contributed by atoms with Crippen LogP contribution in [0, 0.1) is 0 Å². The van der Waals surface area contributed by atoms with Gasteiger partial charge in [-0.25, -0.2) is 0 Å². The van der Waals surface area contributed by atoms with Gasteiger partial charge in [-0.1, -0.05) is 37.6 Å². The number of unbranched alkanes of at least 4 members (excludes halogenated alkanes) is 1. The number of benzene rings is 2. The number of aryl methyl sites for hydroxylation is 1. The maximum atomic E-state index is 11.3. The molecule has 0 fully saturated rings. The highest BCUT2D eigenvalue weighted by Gasteiger charge is 2.02. The molecule has 2 heteroatoms. The number of carbonyl (C=O) groups is 1. The van der Waals surface area contributed by atoms with Crippen LogP contribution in [-0.2, 0) is 6.42 Å². The second-order valence-corrected chi connectivity index (χ2v) is 4.93. The van der Waals surface area contributed by atoms with Crippen molar-refractivity contribution < 1.29 is 9.53 Å². The summed E-state index contributed by atoms with van der Waals surface area (Å²) in [5.74, 6) is 1.54. The van der Waals surface area contributed by atoms with Crippen molar-refractivity contribution in [1.29, 1.82) is 0 Å². The molecule has 2 nitrogen and oxygen atoms in total. The SMILES string of the molecule is CCCCc1ccc(Oc2cccc(C(C)=O)c2)cc1. The highest BCUT2D eigenvalue weighted by Crippen LogP contribution is 2.23. The van der Waals surface area contributed by atoms with Gasteiger partial charge in [-0.15, -0.1) is 0 Å². The molecule has 0 atom stereocenters. The smallest absolute Gasteiger partial charge is 0.159 e. The van der Waals surface area contributed by atoms with E-state index in [9.17, 15) is 4.79 Å². The third-order valence-corrected chi connectivity index (χ3v) is 3.22. The van der Waals surface area contributed by atoms with Gasteiger partial charge in [0.1, 0.15) is 11.5 Å². The van der Waals surface area contributed by atoms with E-state index in [1.54, 1.807) is 19.1 Å². The third kappa shape index (κ3) is 3.95. The summed E-state index contributed by atoms with van der Waals surface area (Å²) in [4.78, 5) is 11.3. The number of hydrogen-bond donors (Lipinski definition) is 0. The quantitative estimate of drug-likeness (QED) is 0.687. The van der Waals surface area contributed by atoms with E-state index in [0.717, 1.165) is 12.2 Å². The van der Waals surface area contributed by atoms with Crippen LogP contribution in [0.1, 0.15) is 42.6 Å². The lowest BCUT2D eigenvalue weighted by atomic mass is 10.1. The average Bonchev–Trinajstić information content (AvgIpc) is 2.47. The van der Waals surface area contributed by atoms with Crippen LogP contribution < -0.4 is 4.74 Å². The fourth-order valence-corrected chi connectivity index (χ4v) is 2.02. The predicted octanol–water partition coefficient (Wildman–Crippen LogP) is 5.02. The van der Waals surface area contributed by atoms with Gasteiger partial charge in [0.05, 0.1) is 0 Å². The molecular weight excluding hydrogens is 248 g/mol. The molecule has 20 heavy (non-hydrogen) atoms. The van der Waals surface area contributed by atoms with E-state index >= 15 is 0 Å². The Morgan fingerprint density at radius 1 is 1.05 bits per heavy atom. The molecule has 0 spiro atoms. The minimum Gasteiger partial charge on any atom is -0.457 e. The molecule has 2 aromatic carbocycles. The monoisotopic (exact) mass is 268 g/mol. The van der Waals surface area contributed by atoms with Crippen molar-refractivity contribution in [2.45, 2.75) is 33.1 Å². The summed E-state index contributed by atoms with van der Waals surface area (Å²) in [6.45, 7) is 3.75. The molecule has 0 unspecified atom stereocenters. The van der Waals surface area contributed by atoms with Crippen LogP contribution >= 0.6 is 0 Å². The van der Waals surface area contributed by atoms with Gasteiger partial charge < -0.3 is 4.74 Å². The summed E-state index contributed by atoms with van der Waals surface area (Å²) in [5, 5.41) is 0. The zero-order valence-corrected chi connectivity index (χ0v) is 12.1. The summed E-state index contributed by atoms with van der Waals surface area (Å²) >= 11 is 0. The first kappa shape index (κ1) is 14.3. The van der Waals surface area contributed by atoms with E-state index in [4.69, 9.17) is 4.74 Å². The fraction of sp³-hybridized carbons (Fsp3) is 0.278. The Bertz CT molecular complexity index is 570. The van der Waals surface area contributed by atoms with Crippen LogP contribution in [0.2, 0.25) is 0 Å². The van der Waals surface area contributed by atoms with E-state index in [1.807, 2.05) is 24.3 Å². The van der Waals surface area contributed by atoms with E-state index in [1.165, 1.54) is 18.4 Å². The Balaban J connectivity index is 2.06. The van der Waals surface area contributed by atoms with Crippen LogP contribution in [0.15, 0.2) is 48.5 Å². The molecule has 0 bridgehead atoms. The van der Waals surface area contributed by atoms with Gasteiger partial charge in [-0.2, -0.15) is 0 Å². The minimum atomic E-state index is 0.0466. The van der Waals surface area contributed by atoms with Gasteiger partial charge in [0.25, 0.3) is 0 Å². The molecule has 0 saturated heterocycles. The Labute approximate surface area is 120 Å². The summed E-state index contributed by atoms with van der Waals surface area (Å²) in [6, 6.07) is 15.4. The molecule has 0 radical (unpaired) electrons. The predicted molar refractivity (Wildman–Crippen MR) is 81.6 cm³/mol. The Morgan fingerprint density at radius 2 is 1.80 bits per heavy atom. The van der Waals surface area contributed by atoms with E-state index in [0.29, 0.717) is 11.3 Å². The molecular formula is C18H20O2. The number of hydrogen-bond acceptors (Lipinski definition) is 2. The van der Waals surface area contributed by atoms with Crippen LogP contribution in [-0.4, -0.2) is 5.78 Å². The topological polar surface area (TPSA) is 26.3 Å². The largest absolute Gasteiger partial charge is 0.457 e. The van der Waals surface area contributed by atoms with E-state index in [-0.39, 0.29) is 5.78 Å². The highest BCUT2D eigenvalue weighted by atomic mass is 16.5. The normalized spacial score (nSPS) is 10.3. The van der Waals surface area contributed by atoms with Gasteiger partial charge in [-0.05, 0) is 49.6 Å². The van der Waals surface area contributed by atoms with Gasteiger partial charge >= 0.3 is 0 Å². The molecule has 0 aliphatic rings. The third-order valence-electron chi connectivity index (χ3n) is 3.22. The molecule has 0 aliphatic carbocycles. The second kappa shape index (κ2) is 6.90. The zero-order chi connectivity index (χ0) is 14.4. The van der Waals surface area contributed by atoms with Crippen LogP contribution in [0.5, 0.6) is 11.5 Å². The summed E-state index contributed by atoms with van der Waals surface area (Å²) in [7, 11) is 0. The molecule has 2 aromatic rings. The number of rotatable bonds is 6. The van der Waals surface area contributed by atoms with Crippen LogP contribution in [0.3, 0.4) is 0 Å². The number of ketones is 1. The molecule has 0 N–H and O–H groups in total. The van der Waals surface area contributed by atoms with Gasteiger partial charge in [-0.3, -0.25) is 4.79 Å². The molecule has 104 valence electrons. The second-order valence-electron chi connectivity index (χ2n) is 4.93. The van der Waals surface area contributed by atoms with Gasteiger partial charge in [0, 0.05) is 5.56 Å². The number of ether oxygens (including phenoxy) is 1. The van der Waals surface area contributed by atoms with Crippen molar-refractivity contribution in [3.05, 3.63) is 59.7 Å². The standard InChI is InChI=1S/C18H20O2/c1-3-4-6-15-9-11-17(12-10-15)20-18-8-5-7-16(13-18)14(2)19/h5,7-13H,3-4,6H2,1-2H3. The number of Topliss-reactive ketones (excluding diaryl/α,β-unsaturated/α-hetero) is 1. The molecule has 0 amide bonds. The van der Waals surface area contributed by atoms with Gasteiger partial charge in [0.2, 0.25) is 0 Å². The lowest BCUT2D eigenvalue weighted by Crippen LogP contribution is -1.92. The first-order chi connectivity index (χ1) is 9.69. The average molecular weight is 268 g/mol. The Kier molecular flexibility index (Phi) is 4.94. The van der Waals surface area contributed by atoms with Crippen molar-refractivity contribution in [3.8, 4) is 11.5 Å². The zero-order valence-electron chi connectivity index (χ0n) is 12.1. The first-order valence-corrected chi connectivity index (χ1v) is 7.07. The van der Waals surface area contributed by atoms with Crippen molar-refractivity contribution in [2.24, 2.45) is 0 Å². The van der Waals surface area contributed by atoms with Crippen molar-refractivity contribution in [1.82, 2.24) is 0 Å². The molecule has 0 saturated carbocycles. The minimum absolute atomic E-state index is 0.0466. The fourth-order valence-electron chi connectivity index (χ4n) is 2.02. The Morgan fingerprint density at radius 3 is 2.45 bits per heavy atom. The van der Waals surface area contributed by atoms with Crippen molar-refractivity contribution >= 4 is 5.78 Å². The summed E-state index contributed by atoms with van der Waals surface area (Å²) in [6.07, 6.45) is 3.52. The Hall–Kier alpha value is -2.09. The lowest BCUT2D eigenvalue weighted by Gasteiger charge is -2.07. The maximum Gasteiger partial charge on any atom is 0.159 e. The molecule has 0 heterocycles. The molecule has 0 aromatic heterocycles. The van der Waals surface area contributed by atoms with Crippen molar-refractivity contribution in [2.75, 3.05) is 0 Å². The highest BCUT2D eigenvalue weighted by molar-refractivity contribution is 5.94. The molecule has 0 aliphatic heterocycles. The van der Waals surface area contributed by atoms with E-state index < -0.39 is 0 Å². The van der Waals surface area contributed by atoms with Crippen LogP contribution in [0.25, 0.3) is 0 Å². The molecule has 2 rings (SSSR count). The number of carbonyl (C=O) groups excluding carboxylic acids is 1. The van der Waals surface area contributed by atoms with Crippen LogP contribution in [0.4, 0.5) is 0 Å².